The second kappa shape index (κ2) is 4.87. The fraction of sp³-hybridized carbons (Fsp3) is 0.417. The first kappa shape index (κ1) is 12.1. The van der Waals surface area contributed by atoms with Crippen LogP contribution in [-0.4, -0.2) is 20.8 Å². The van der Waals surface area contributed by atoms with Crippen LogP contribution in [0.2, 0.25) is 0 Å². The number of hydrogen-bond acceptors (Lipinski definition) is 4. The van der Waals surface area contributed by atoms with Gasteiger partial charge in [-0.3, -0.25) is 9.36 Å². The second-order valence-electron chi connectivity index (χ2n) is 3.93. The quantitative estimate of drug-likeness (QED) is 0.619. The standard InChI is InChI=1S/C12H15N3OS/c1-4-8(2)15-10(16)6-5-9-7-13-12(17-3)14-11(9)15/h5-8H,4H2,1-3H3. The molecule has 2 heterocycles. The van der Waals surface area contributed by atoms with Gasteiger partial charge in [-0.25, -0.2) is 9.97 Å². The molecule has 2 aromatic rings. The molecule has 0 bridgehead atoms. The Bertz CT molecular complexity index is 594. The fourth-order valence-corrected chi connectivity index (χ4v) is 2.07. The Morgan fingerprint density at radius 3 is 2.88 bits per heavy atom. The summed E-state index contributed by atoms with van der Waals surface area (Å²) in [6.07, 6.45) is 4.60. The van der Waals surface area contributed by atoms with E-state index in [4.69, 9.17) is 0 Å². The number of rotatable bonds is 3. The van der Waals surface area contributed by atoms with Gasteiger partial charge in [0.05, 0.1) is 0 Å². The monoisotopic (exact) mass is 249 g/mol. The van der Waals surface area contributed by atoms with E-state index in [-0.39, 0.29) is 11.6 Å². The summed E-state index contributed by atoms with van der Waals surface area (Å²) in [5, 5.41) is 1.60. The molecule has 1 atom stereocenters. The van der Waals surface area contributed by atoms with E-state index in [1.165, 1.54) is 11.8 Å². The van der Waals surface area contributed by atoms with Gasteiger partial charge in [0, 0.05) is 23.7 Å². The lowest BCUT2D eigenvalue weighted by atomic mass is 10.2. The van der Waals surface area contributed by atoms with Crippen LogP contribution in [0.5, 0.6) is 0 Å². The molecule has 0 amide bonds. The van der Waals surface area contributed by atoms with Crippen molar-refractivity contribution in [2.24, 2.45) is 0 Å². The average molecular weight is 249 g/mol. The van der Waals surface area contributed by atoms with Crippen LogP contribution in [0.1, 0.15) is 26.3 Å². The van der Waals surface area contributed by atoms with E-state index in [9.17, 15) is 4.79 Å². The van der Waals surface area contributed by atoms with Crippen molar-refractivity contribution < 1.29 is 0 Å². The first-order chi connectivity index (χ1) is 8.17. The molecule has 0 N–H and O–H groups in total. The van der Waals surface area contributed by atoms with E-state index in [2.05, 4.69) is 16.9 Å². The lowest BCUT2D eigenvalue weighted by molar-refractivity contribution is 0.526. The first-order valence-electron chi connectivity index (χ1n) is 5.59. The van der Waals surface area contributed by atoms with Crippen molar-refractivity contribution in [2.45, 2.75) is 31.5 Å². The highest BCUT2D eigenvalue weighted by atomic mass is 32.2. The van der Waals surface area contributed by atoms with Crippen LogP contribution >= 0.6 is 11.8 Å². The minimum Gasteiger partial charge on any atom is -0.290 e. The molecule has 17 heavy (non-hydrogen) atoms. The Hall–Kier alpha value is -1.36. The van der Waals surface area contributed by atoms with Crippen LogP contribution in [0.3, 0.4) is 0 Å². The van der Waals surface area contributed by atoms with Crippen LogP contribution in [0, 0.1) is 0 Å². The predicted molar refractivity (Wildman–Crippen MR) is 70.6 cm³/mol. The molecule has 0 saturated carbocycles. The highest BCUT2D eigenvalue weighted by molar-refractivity contribution is 7.98. The summed E-state index contributed by atoms with van der Waals surface area (Å²) < 4.78 is 1.75. The van der Waals surface area contributed by atoms with Gasteiger partial charge in [-0.15, -0.1) is 0 Å². The van der Waals surface area contributed by atoms with Gasteiger partial charge in [0.25, 0.3) is 5.56 Å². The minimum atomic E-state index is -0.00222. The summed E-state index contributed by atoms with van der Waals surface area (Å²) >= 11 is 1.48. The number of hydrogen-bond donors (Lipinski definition) is 0. The number of aromatic nitrogens is 3. The van der Waals surface area contributed by atoms with E-state index in [1.54, 1.807) is 22.9 Å². The molecule has 0 fully saturated rings. The van der Waals surface area contributed by atoms with Gasteiger partial charge in [-0.05, 0) is 25.7 Å². The zero-order valence-corrected chi connectivity index (χ0v) is 11.0. The summed E-state index contributed by atoms with van der Waals surface area (Å²) in [5.74, 6) is 0. The van der Waals surface area contributed by atoms with Crippen LogP contribution in [0.15, 0.2) is 28.3 Å². The molecule has 0 aromatic carbocycles. The maximum Gasteiger partial charge on any atom is 0.252 e. The van der Waals surface area contributed by atoms with Gasteiger partial charge in [-0.2, -0.15) is 0 Å². The van der Waals surface area contributed by atoms with Crippen LogP contribution in [0.4, 0.5) is 0 Å². The van der Waals surface area contributed by atoms with Crippen LogP contribution < -0.4 is 5.56 Å². The summed E-state index contributed by atoms with van der Waals surface area (Å²) in [6.45, 7) is 4.09. The maximum atomic E-state index is 11.9. The highest BCUT2D eigenvalue weighted by Crippen LogP contribution is 2.17. The van der Waals surface area contributed by atoms with E-state index < -0.39 is 0 Å². The molecular formula is C12H15N3OS. The van der Waals surface area contributed by atoms with E-state index in [0.717, 1.165) is 17.5 Å². The summed E-state index contributed by atoms with van der Waals surface area (Å²) in [7, 11) is 0. The number of fused-ring (bicyclic) bond motifs is 1. The molecule has 1 unspecified atom stereocenters. The third-order valence-electron chi connectivity index (χ3n) is 2.86. The molecule has 0 radical (unpaired) electrons. The molecule has 2 aromatic heterocycles. The Kier molecular flexibility index (Phi) is 3.47. The summed E-state index contributed by atoms with van der Waals surface area (Å²) in [6, 6.07) is 3.51. The molecule has 90 valence electrons. The van der Waals surface area contributed by atoms with Crippen molar-refractivity contribution in [3.8, 4) is 0 Å². The minimum absolute atomic E-state index is 0.00222. The Morgan fingerprint density at radius 1 is 1.47 bits per heavy atom. The molecule has 5 heteroatoms. The zero-order chi connectivity index (χ0) is 12.4. The van der Waals surface area contributed by atoms with Gasteiger partial charge < -0.3 is 0 Å². The summed E-state index contributed by atoms with van der Waals surface area (Å²) in [5.41, 5.74) is 0.726. The van der Waals surface area contributed by atoms with Gasteiger partial charge in [0.2, 0.25) is 0 Å². The lowest BCUT2D eigenvalue weighted by Gasteiger charge is -2.15. The zero-order valence-electron chi connectivity index (χ0n) is 10.2. The van der Waals surface area contributed by atoms with Gasteiger partial charge in [0.1, 0.15) is 5.65 Å². The van der Waals surface area contributed by atoms with Gasteiger partial charge in [0.15, 0.2) is 5.16 Å². The van der Waals surface area contributed by atoms with E-state index >= 15 is 0 Å². The lowest BCUT2D eigenvalue weighted by Crippen LogP contribution is -2.23. The molecule has 0 spiro atoms. The summed E-state index contributed by atoms with van der Waals surface area (Å²) in [4.78, 5) is 20.6. The third-order valence-corrected chi connectivity index (χ3v) is 3.42. The maximum absolute atomic E-state index is 11.9. The average Bonchev–Trinajstić information content (AvgIpc) is 2.37. The van der Waals surface area contributed by atoms with Crippen molar-refractivity contribution in [3.63, 3.8) is 0 Å². The topological polar surface area (TPSA) is 47.8 Å². The normalized spacial score (nSPS) is 12.9. The van der Waals surface area contributed by atoms with E-state index in [0.29, 0.717) is 5.16 Å². The highest BCUT2D eigenvalue weighted by Gasteiger charge is 2.10. The Labute approximate surface area is 104 Å². The van der Waals surface area contributed by atoms with Crippen LogP contribution in [0.25, 0.3) is 11.0 Å². The molecule has 0 aliphatic carbocycles. The second-order valence-corrected chi connectivity index (χ2v) is 4.71. The van der Waals surface area contributed by atoms with Crippen molar-refractivity contribution in [2.75, 3.05) is 6.26 Å². The van der Waals surface area contributed by atoms with Crippen molar-refractivity contribution in [1.82, 2.24) is 14.5 Å². The van der Waals surface area contributed by atoms with Crippen LogP contribution in [-0.2, 0) is 0 Å². The molecule has 0 aliphatic rings. The Morgan fingerprint density at radius 2 is 2.24 bits per heavy atom. The Balaban J connectivity index is 2.77. The molecular weight excluding hydrogens is 234 g/mol. The SMILES string of the molecule is CCC(C)n1c(=O)ccc2cnc(SC)nc21. The van der Waals surface area contributed by atoms with Gasteiger partial charge in [-0.1, -0.05) is 18.7 Å². The largest absolute Gasteiger partial charge is 0.290 e. The fourth-order valence-electron chi connectivity index (χ4n) is 1.73. The third kappa shape index (κ3) is 2.20. The number of nitrogens with zero attached hydrogens (tertiary/aromatic N) is 3. The van der Waals surface area contributed by atoms with Crippen molar-refractivity contribution in [1.29, 1.82) is 0 Å². The molecule has 0 aliphatic heterocycles. The van der Waals surface area contributed by atoms with Crippen molar-refractivity contribution in [3.05, 3.63) is 28.7 Å². The van der Waals surface area contributed by atoms with E-state index in [1.807, 2.05) is 13.2 Å². The predicted octanol–water partition coefficient (Wildman–Crippen LogP) is 2.48. The molecule has 0 saturated heterocycles. The molecule has 2 rings (SSSR count). The number of pyridine rings is 1. The van der Waals surface area contributed by atoms with Crippen molar-refractivity contribution >= 4 is 22.8 Å². The van der Waals surface area contributed by atoms with Gasteiger partial charge >= 0.3 is 0 Å². The first-order valence-corrected chi connectivity index (χ1v) is 6.82. The smallest absolute Gasteiger partial charge is 0.252 e. The molecule has 4 nitrogen and oxygen atoms in total. The number of thioether (sulfide) groups is 1.